The molecule has 0 N–H and O–H groups in total. The number of hydrogen-bond donors (Lipinski definition) is 0. The predicted molar refractivity (Wildman–Crippen MR) is 137 cm³/mol. The van der Waals surface area contributed by atoms with Crippen LogP contribution in [-0.4, -0.2) is 32.2 Å². The second-order valence-electron chi connectivity index (χ2n) is 8.80. The lowest BCUT2D eigenvalue weighted by atomic mass is 10.2. The Morgan fingerprint density at radius 2 is 1.76 bits per heavy atom. The molecule has 2 aromatic heterocycles. The molecule has 0 bridgehead atoms. The highest BCUT2D eigenvalue weighted by Gasteiger charge is 2.16. The number of aliphatic imine (C=N–C) groups is 1. The van der Waals surface area contributed by atoms with Crippen molar-refractivity contribution in [2.24, 2.45) is 4.99 Å². The van der Waals surface area contributed by atoms with Gasteiger partial charge in [-0.2, -0.15) is 0 Å². The topological polar surface area (TPSA) is 57.2 Å². The molecule has 34 heavy (non-hydrogen) atoms. The molecule has 6 heteroatoms. The van der Waals surface area contributed by atoms with Crippen LogP contribution in [0, 0.1) is 13.8 Å². The molecule has 5 rings (SSSR count). The fraction of sp³-hybridized carbons (Fsp3) is 0.321. The Labute approximate surface area is 201 Å². The second-order valence-corrected chi connectivity index (χ2v) is 8.80. The number of rotatable bonds is 6. The maximum atomic E-state index is 5.58. The van der Waals surface area contributed by atoms with Crippen molar-refractivity contribution in [1.82, 2.24) is 19.3 Å². The monoisotopic (exact) mass is 453 g/mol. The number of benzene rings is 2. The molecule has 0 amide bonds. The van der Waals surface area contributed by atoms with E-state index in [-0.39, 0.29) is 0 Å². The highest BCUT2D eigenvalue weighted by Crippen LogP contribution is 2.26. The van der Waals surface area contributed by atoms with Gasteiger partial charge in [0.2, 0.25) is 0 Å². The minimum atomic E-state index is 0.670. The van der Waals surface area contributed by atoms with Gasteiger partial charge in [0, 0.05) is 47.4 Å². The molecule has 1 aliphatic heterocycles. The number of hydrogen-bond acceptors (Lipinski definition) is 4. The normalized spacial score (nSPS) is 13.7. The smallest absolute Gasteiger partial charge is 0.163 e. The van der Waals surface area contributed by atoms with Gasteiger partial charge in [0.05, 0.1) is 12.3 Å². The van der Waals surface area contributed by atoms with Crippen LogP contribution in [0.5, 0.6) is 5.75 Å². The van der Waals surface area contributed by atoms with E-state index < -0.39 is 0 Å². The zero-order valence-corrected chi connectivity index (χ0v) is 20.2. The number of fused-ring (bicyclic) bond motifs is 1. The summed E-state index contributed by atoms with van der Waals surface area (Å²) < 4.78 is 10.1. The maximum Gasteiger partial charge on any atom is 0.163 e. The second kappa shape index (κ2) is 9.67. The Morgan fingerprint density at radius 3 is 2.53 bits per heavy atom. The van der Waals surface area contributed by atoms with Gasteiger partial charge in [0.15, 0.2) is 5.82 Å². The van der Waals surface area contributed by atoms with E-state index in [0.29, 0.717) is 6.61 Å². The fourth-order valence-electron chi connectivity index (χ4n) is 4.71. The molecule has 0 fully saturated rings. The molecular formula is C28H31N5O. The van der Waals surface area contributed by atoms with E-state index in [1.54, 1.807) is 0 Å². The summed E-state index contributed by atoms with van der Waals surface area (Å²) in [5, 5.41) is 8.89. The molecule has 0 saturated heterocycles. The molecular weight excluding hydrogens is 422 g/mol. The van der Waals surface area contributed by atoms with E-state index in [4.69, 9.17) is 9.73 Å². The first-order valence-corrected chi connectivity index (χ1v) is 12.1. The molecule has 174 valence electrons. The third-order valence-corrected chi connectivity index (χ3v) is 6.46. The van der Waals surface area contributed by atoms with Crippen LogP contribution in [-0.2, 0) is 13.0 Å². The number of aromatic nitrogens is 4. The van der Waals surface area contributed by atoms with Crippen molar-refractivity contribution in [3.63, 3.8) is 0 Å². The average Bonchev–Trinajstić information content (AvgIpc) is 3.28. The quantitative estimate of drug-likeness (QED) is 0.325. The molecule has 0 atom stereocenters. The molecule has 0 radical (unpaired) electrons. The Hall–Kier alpha value is -3.67. The van der Waals surface area contributed by atoms with Crippen molar-refractivity contribution in [2.45, 2.75) is 53.0 Å². The van der Waals surface area contributed by atoms with Crippen molar-refractivity contribution in [2.75, 3.05) is 6.61 Å². The van der Waals surface area contributed by atoms with Gasteiger partial charge < -0.3 is 13.9 Å². The summed E-state index contributed by atoms with van der Waals surface area (Å²) in [7, 11) is 0. The van der Waals surface area contributed by atoms with Crippen LogP contribution in [0.1, 0.15) is 49.0 Å². The van der Waals surface area contributed by atoms with Crippen LogP contribution >= 0.6 is 0 Å². The van der Waals surface area contributed by atoms with Crippen LogP contribution in [0.15, 0.2) is 59.6 Å². The lowest BCUT2D eigenvalue weighted by Gasteiger charge is -2.11. The standard InChI is InChI=1S/C28H31N5O/c1-4-34-26-15-13-25(14-16-26)33-20(2)18-23(21(33)3)19-29-24-11-9-22(10-12-24)28-31-30-27-8-6-5-7-17-32(27)28/h9-16,18-19H,4-8,17H2,1-3H3. The van der Waals surface area contributed by atoms with Gasteiger partial charge in [0.1, 0.15) is 11.6 Å². The highest BCUT2D eigenvalue weighted by molar-refractivity contribution is 5.84. The zero-order valence-electron chi connectivity index (χ0n) is 20.2. The van der Waals surface area contributed by atoms with E-state index in [9.17, 15) is 0 Å². The van der Waals surface area contributed by atoms with Crippen LogP contribution in [0.2, 0.25) is 0 Å². The Bertz CT molecular complexity index is 1300. The Balaban J connectivity index is 1.35. The van der Waals surface area contributed by atoms with Crippen molar-refractivity contribution in [3.8, 4) is 22.8 Å². The van der Waals surface area contributed by atoms with E-state index in [0.717, 1.165) is 58.6 Å². The fourth-order valence-corrected chi connectivity index (χ4v) is 4.71. The van der Waals surface area contributed by atoms with Crippen molar-refractivity contribution in [1.29, 1.82) is 0 Å². The molecule has 0 unspecified atom stereocenters. The molecule has 6 nitrogen and oxygen atoms in total. The molecule has 0 spiro atoms. The number of aryl methyl sites for hydroxylation is 2. The van der Waals surface area contributed by atoms with Gasteiger partial charge in [-0.1, -0.05) is 6.42 Å². The predicted octanol–water partition coefficient (Wildman–Crippen LogP) is 6.23. The van der Waals surface area contributed by atoms with Gasteiger partial charge in [0.25, 0.3) is 0 Å². The molecule has 3 heterocycles. The van der Waals surface area contributed by atoms with E-state index in [1.165, 1.54) is 25.0 Å². The largest absolute Gasteiger partial charge is 0.494 e. The summed E-state index contributed by atoms with van der Waals surface area (Å²) in [4.78, 5) is 4.75. The number of nitrogens with zero attached hydrogens (tertiary/aromatic N) is 5. The van der Waals surface area contributed by atoms with Gasteiger partial charge in [-0.15, -0.1) is 10.2 Å². The zero-order chi connectivity index (χ0) is 23.5. The van der Waals surface area contributed by atoms with Crippen molar-refractivity contribution < 1.29 is 4.74 Å². The Kier molecular flexibility index (Phi) is 6.30. The van der Waals surface area contributed by atoms with Gasteiger partial charge in [-0.05, 0) is 88.2 Å². The lowest BCUT2D eigenvalue weighted by Crippen LogP contribution is -2.02. The van der Waals surface area contributed by atoms with Crippen LogP contribution in [0.3, 0.4) is 0 Å². The molecule has 4 aromatic rings. The van der Waals surface area contributed by atoms with E-state index >= 15 is 0 Å². The molecule has 0 aliphatic carbocycles. The van der Waals surface area contributed by atoms with Crippen molar-refractivity contribution >= 4 is 11.9 Å². The van der Waals surface area contributed by atoms with E-state index in [1.807, 2.05) is 25.3 Å². The van der Waals surface area contributed by atoms with Crippen LogP contribution in [0.25, 0.3) is 17.1 Å². The van der Waals surface area contributed by atoms with Crippen LogP contribution in [0.4, 0.5) is 5.69 Å². The third kappa shape index (κ3) is 4.40. The van der Waals surface area contributed by atoms with Crippen molar-refractivity contribution in [3.05, 3.63) is 77.4 Å². The summed E-state index contributed by atoms with van der Waals surface area (Å²) in [6.45, 7) is 7.92. The maximum absolute atomic E-state index is 5.58. The minimum Gasteiger partial charge on any atom is -0.494 e. The summed E-state index contributed by atoms with van der Waals surface area (Å²) in [5.41, 5.74) is 6.57. The minimum absolute atomic E-state index is 0.670. The van der Waals surface area contributed by atoms with Crippen LogP contribution < -0.4 is 4.74 Å². The first-order chi connectivity index (χ1) is 16.6. The average molecular weight is 454 g/mol. The molecule has 2 aromatic carbocycles. The summed E-state index contributed by atoms with van der Waals surface area (Å²) >= 11 is 0. The first kappa shape index (κ1) is 22.1. The SMILES string of the molecule is CCOc1ccc(-n2c(C)cc(C=Nc3ccc(-c4nnc5n4CCCCC5)cc3)c2C)cc1. The Morgan fingerprint density at radius 1 is 0.971 bits per heavy atom. The lowest BCUT2D eigenvalue weighted by molar-refractivity contribution is 0.340. The van der Waals surface area contributed by atoms with Gasteiger partial charge in [-0.25, -0.2) is 0 Å². The van der Waals surface area contributed by atoms with Gasteiger partial charge in [-0.3, -0.25) is 4.99 Å². The first-order valence-electron chi connectivity index (χ1n) is 12.1. The highest BCUT2D eigenvalue weighted by atomic mass is 16.5. The molecule has 0 saturated carbocycles. The summed E-state index contributed by atoms with van der Waals surface area (Å²) in [5.74, 6) is 2.96. The van der Waals surface area contributed by atoms with E-state index in [2.05, 4.69) is 75.6 Å². The van der Waals surface area contributed by atoms with Gasteiger partial charge >= 0.3 is 0 Å². The summed E-state index contributed by atoms with van der Waals surface area (Å²) in [6, 6.07) is 18.7. The number of ether oxygens (including phenoxy) is 1. The summed E-state index contributed by atoms with van der Waals surface area (Å²) in [6.07, 6.45) is 6.62. The third-order valence-electron chi connectivity index (χ3n) is 6.46. The molecule has 1 aliphatic rings.